The quantitative estimate of drug-likeness (QED) is 0.794. The lowest BCUT2D eigenvalue weighted by Gasteiger charge is -2.29. The topological polar surface area (TPSA) is 32.3 Å². The average molecular weight is 257 g/mol. The van der Waals surface area contributed by atoms with Gasteiger partial charge in [0.2, 0.25) is 0 Å². The first-order valence-corrected chi connectivity index (χ1v) is 8.23. The van der Waals surface area contributed by atoms with Crippen molar-refractivity contribution < 1.29 is 5.11 Å². The van der Waals surface area contributed by atoms with Crippen LogP contribution in [0.3, 0.4) is 0 Å². The van der Waals surface area contributed by atoms with Crippen molar-refractivity contribution >= 4 is 11.8 Å². The first-order valence-electron chi connectivity index (χ1n) is 7.29. The summed E-state index contributed by atoms with van der Waals surface area (Å²) in [7, 11) is 0. The number of likely N-dealkylation sites (N-methyl/N-ethyl adjacent to an activating group) is 1. The molecule has 0 amide bonds. The van der Waals surface area contributed by atoms with Gasteiger partial charge < -0.3 is 10.4 Å². The van der Waals surface area contributed by atoms with E-state index in [1.54, 1.807) is 0 Å². The van der Waals surface area contributed by atoms with Crippen molar-refractivity contribution in [3.63, 3.8) is 0 Å². The Hall–Kier alpha value is 0.270. The highest BCUT2D eigenvalue weighted by Crippen LogP contribution is 2.41. The number of nitrogens with one attached hydrogen (secondary N) is 1. The van der Waals surface area contributed by atoms with Crippen LogP contribution in [0.25, 0.3) is 0 Å². The number of hydrogen-bond acceptors (Lipinski definition) is 3. The molecule has 2 nitrogen and oxygen atoms in total. The molecule has 2 rings (SSSR count). The lowest BCUT2D eigenvalue weighted by Crippen LogP contribution is -2.46. The van der Waals surface area contributed by atoms with Crippen LogP contribution in [-0.4, -0.2) is 34.3 Å². The average Bonchev–Trinajstić information content (AvgIpc) is 2.75. The maximum Gasteiger partial charge on any atom is 0.0613 e. The van der Waals surface area contributed by atoms with Gasteiger partial charge in [0.1, 0.15) is 0 Å². The molecule has 0 aromatic carbocycles. The van der Waals surface area contributed by atoms with Crippen LogP contribution in [0.5, 0.6) is 0 Å². The van der Waals surface area contributed by atoms with Crippen molar-refractivity contribution in [3.05, 3.63) is 0 Å². The standard InChI is InChI=1S/C14H27NOS/c1-2-15-14(11-16)9-8-13(10-14)17-12-6-4-3-5-7-12/h12-13,15-16H,2-11H2,1H3. The summed E-state index contributed by atoms with van der Waals surface area (Å²) in [6.45, 7) is 3.42. The third-order valence-electron chi connectivity index (χ3n) is 4.35. The maximum atomic E-state index is 9.60. The van der Waals surface area contributed by atoms with Gasteiger partial charge in [-0.2, -0.15) is 11.8 Å². The molecular formula is C14H27NOS. The second kappa shape index (κ2) is 6.44. The van der Waals surface area contributed by atoms with Gasteiger partial charge in [0.15, 0.2) is 0 Å². The zero-order chi connectivity index (χ0) is 12.1. The van der Waals surface area contributed by atoms with Gasteiger partial charge in [0.25, 0.3) is 0 Å². The van der Waals surface area contributed by atoms with Crippen LogP contribution in [0.1, 0.15) is 58.3 Å². The summed E-state index contributed by atoms with van der Waals surface area (Å²) in [6, 6.07) is 0. The minimum Gasteiger partial charge on any atom is -0.394 e. The van der Waals surface area contributed by atoms with E-state index in [0.717, 1.165) is 23.5 Å². The first kappa shape index (κ1) is 13.7. The summed E-state index contributed by atoms with van der Waals surface area (Å²) in [5.74, 6) is 0. The molecule has 0 saturated heterocycles. The van der Waals surface area contributed by atoms with E-state index in [1.807, 2.05) is 0 Å². The van der Waals surface area contributed by atoms with Crippen molar-refractivity contribution in [2.45, 2.75) is 74.3 Å². The molecule has 3 heteroatoms. The second-order valence-electron chi connectivity index (χ2n) is 5.73. The molecule has 0 radical (unpaired) electrons. The normalized spacial score (nSPS) is 35.3. The van der Waals surface area contributed by atoms with Gasteiger partial charge in [-0.05, 0) is 38.6 Å². The number of rotatable bonds is 5. The Labute approximate surface area is 110 Å². The van der Waals surface area contributed by atoms with Crippen LogP contribution < -0.4 is 5.32 Å². The molecule has 2 aliphatic rings. The minimum absolute atomic E-state index is 0.0427. The SMILES string of the molecule is CCNC1(CO)CCC(SC2CCCCC2)C1. The molecule has 17 heavy (non-hydrogen) atoms. The molecule has 0 aromatic rings. The molecule has 0 aromatic heterocycles. The maximum absolute atomic E-state index is 9.60. The monoisotopic (exact) mass is 257 g/mol. The highest BCUT2D eigenvalue weighted by molar-refractivity contribution is 8.00. The van der Waals surface area contributed by atoms with Gasteiger partial charge in [-0.3, -0.25) is 0 Å². The predicted octanol–water partition coefficient (Wildman–Crippen LogP) is 2.95. The van der Waals surface area contributed by atoms with Crippen molar-refractivity contribution in [2.75, 3.05) is 13.2 Å². The highest BCUT2D eigenvalue weighted by Gasteiger charge is 2.38. The second-order valence-corrected chi connectivity index (χ2v) is 7.34. The van der Waals surface area contributed by atoms with E-state index in [0.29, 0.717) is 6.61 Å². The van der Waals surface area contributed by atoms with Gasteiger partial charge in [-0.1, -0.05) is 26.2 Å². The minimum atomic E-state index is 0.0427. The van der Waals surface area contributed by atoms with E-state index in [2.05, 4.69) is 24.0 Å². The molecule has 0 heterocycles. The molecule has 2 saturated carbocycles. The van der Waals surface area contributed by atoms with E-state index < -0.39 is 0 Å². The number of aliphatic hydroxyl groups excluding tert-OH is 1. The Balaban J connectivity index is 1.79. The summed E-state index contributed by atoms with van der Waals surface area (Å²) in [4.78, 5) is 0. The number of aliphatic hydroxyl groups is 1. The lowest BCUT2D eigenvalue weighted by molar-refractivity contribution is 0.167. The molecule has 2 fully saturated rings. The van der Waals surface area contributed by atoms with E-state index in [1.165, 1.54) is 44.9 Å². The molecule has 0 bridgehead atoms. The number of hydrogen-bond donors (Lipinski definition) is 2. The molecule has 2 N–H and O–H groups in total. The zero-order valence-corrected chi connectivity index (χ0v) is 11.9. The van der Waals surface area contributed by atoms with Gasteiger partial charge in [0, 0.05) is 16.0 Å². The van der Waals surface area contributed by atoms with E-state index in [-0.39, 0.29) is 5.54 Å². The molecular weight excluding hydrogens is 230 g/mol. The Morgan fingerprint density at radius 2 is 1.94 bits per heavy atom. The molecule has 100 valence electrons. The molecule has 2 unspecified atom stereocenters. The van der Waals surface area contributed by atoms with Crippen molar-refractivity contribution in [3.8, 4) is 0 Å². The number of thioether (sulfide) groups is 1. The molecule has 0 aliphatic heterocycles. The zero-order valence-electron chi connectivity index (χ0n) is 11.1. The summed E-state index contributed by atoms with van der Waals surface area (Å²) in [6.07, 6.45) is 10.8. The van der Waals surface area contributed by atoms with Crippen molar-refractivity contribution in [1.82, 2.24) is 5.32 Å². The van der Waals surface area contributed by atoms with Crippen molar-refractivity contribution in [1.29, 1.82) is 0 Å². The van der Waals surface area contributed by atoms with E-state index in [9.17, 15) is 5.11 Å². The smallest absolute Gasteiger partial charge is 0.0613 e. The Morgan fingerprint density at radius 3 is 2.59 bits per heavy atom. The fraction of sp³-hybridized carbons (Fsp3) is 1.00. The molecule has 0 spiro atoms. The fourth-order valence-electron chi connectivity index (χ4n) is 3.40. The van der Waals surface area contributed by atoms with Gasteiger partial charge in [-0.15, -0.1) is 0 Å². The van der Waals surface area contributed by atoms with E-state index >= 15 is 0 Å². The summed E-state index contributed by atoms with van der Waals surface area (Å²) < 4.78 is 0. The Bertz CT molecular complexity index is 230. The van der Waals surface area contributed by atoms with Gasteiger partial charge >= 0.3 is 0 Å². The third-order valence-corrected chi connectivity index (χ3v) is 6.00. The predicted molar refractivity (Wildman–Crippen MR) is 75.6 cm³/mol. The largest absolute Gasteiger partial charge is 0.394 e. The highest BCUT2D eigenvalue weighted by atomic mass is 32.2. The first-order chi connectivity index (χ1) is 8.28. The van der Waals surface area contributed by atoms with Crippen molar-refractivity contribution in [2.24, 2.45) is 0 Å². The van der Waals surface area contributed by atoms with Crippen LogP contribution >= 0.6 is 11.8 Å². The van der Waals surface area contributed by atoms with Crippen LogP contribution in [0.2, 0.25) is 0 Å². The Morgan fingerprint density at radius 1 is 1.18 bits per heavy atom. The van der Waals surface area contributed by atoms with Gasteiger partial charge in [-0.25, -0.2) is 0 Å². The third kappa shape index (κ3) is 3.62. The summed E-state index contributed by atoms with van der Waals surface area (Å²) >= 11 is 2.22. The van der Waals surface area contributed by atoms with Crippen LogP contribution in [0.15, 0.2) is 0 Å². The molecule has 2 atom stereocenters. The van der Waals surface area contributed by atoms with E-state index in [4.69, 9.17) is 0 Å². The lowest BCUT2D eigenvalue weighted by atomic mass is 9.99. The summed E-state index contributed by atoms with van der Waals surface area (Å²) in [5, 5.41) is 14.8. The van der Waals surface area contributed by atoms with Gasteiger partial charge in [0.05, 0.1) is 6.61 Å². The Kier molecular flexibility index (Phi) is 5.19. The van der Waals surface area contributed by atoms with Crippen LogP contribution in [0, 0.1) is 0 Å². The van der Waals surface area contributed by atoms with Crippen LogP contribution in [-0.2, 0) is 0 Å². The van der Waals surface area contributed by atoms with Crippen LogP contribution in [0.4, 0.5) is 0 Å². The fourth-order valence-corrected chi connectivity index (χ4v) is 5.22. The summed E-state index contributed by atoms with van der Waals surface area (Å²) in [5.41, 5.74) is 0.0427. The molecule has 2 aliphatic carbocycles.